The van der Waals surface area contributed by atoms with E-state index in [1.807, 2.05) is 6.07 Å². The Morgan fingerprint density at radius 3 is 2.79 bits per heavy atom. The van der Waals surface area contributed by atoms with Crippen molar-refractivity contribution in [3.05, 3.63) is 22.2 Å². The molecule has 3 N–H and O–H groups in total. The van der Waals surface area contributed by atoms with Crippen molar-refractivity contribution in [3.8, 4) is 11.5 Å². The van der Waals surface area contributed by atoms with Crippen LogP contribution in [0.5, 0.6) is 11.5 Å². The number of methoxy groups -OCH3 is 1. The van der Waals surface area contributed by atoms with Crippen LogP contribution in [0.1, 0.15) is 12.0 Å². The number of nitrogens with two attached hydrogens (primary N) is 1. The molecule has 0 aliphatic heterocycles. The van der Waals surface area contributed by atoms with Crippen molar-refractivity contribution in [1.29, 1.82) is 0 Å². The van der Waals surface area contributed by atoms with Gasteiger partial charge in [0.15, 0.2) is 0 Å². The summed E-state index contributed by atoms with van der Waals surface area (Å²) in [5.41, 5.74) is 6.45. The molecule has 0 aromatic heterocycles. The third-order valence-corrected chi connectivity index (χ3v) is 2.77. The number of benzene rings is 1. The van der Waals surface area contributed by atoms with E-state index in [0.717, 1.165) is 18.4 Å². The van der Waals surface area contributed by atoms with Gasteiger partial charge in [0, 0.05) is 0 Å². The molecular formula is C10H14BrNO2. The normalized spacial score (nSPS) is 10.2. The number of halogens is 1. The maximum Gasteiger partial charge on any atom is 0.137 e. The molecule has 0 aliphatic carbocycles. The van der Waals surface area contributed by atoms with E-state index in [1.54, 1.807) is 13.2 Å². The summed E-state index contributed by atoms with van der Waals surface area (Å²) in [6, 6.07) is 3.63. The number of phenols is 1. The molecular weight excluding hydrogens is 246 g/mol. The summed E-state index contributed by atoms with van der Waals surface area (Å²) in [5.74, 6) is 0.855. The molecule has 0 fully saturated rings. The summed E-state index contributed by atoms with van der Waals surface area (Å²) in [6.45, 7) is 0.652. The van der Waals surface area contributed by atoms with Crippen molar-refractivity contribution in [2.45, 2.75) is 12.8 Å². The standard InChI is InChI=1S/C10H14BrNO2/c1-14-9-6-7(3-2-4-12)5-8(13)10(9)11/h5-6,13H,2-4,12H2,1H3. The van der Waals surface area contributed by atoms with Crippen molar-refractivity contribution in [2.24, 2.45) is 5.73 Å². The Balaban J connectivity index is 2.91. The SMILES string of the molecule is COc1cc(CCCN)cc(O)c1Br. The molecule has 0 saturated carbocycles. The highest BCUT2D eigenvalue weighted by molar-refractivity contribution is 9.10. The summed E-state index contributed by atoms with van der Waals surface area (Å²) in [6.07, 6.45) is 1.76. The first-order valence-corrected chi connectivity index (χ1v) is 5.23. The molecule has 14 heavy (non-hydrogen) atoms. The van der Waals surface area contributed by atoms with Gasteiger partial charge in [-0.2, -0.15) is 0 Å². The van der Waals surface area contributed by atoms with Crippen LogP contribution in [-0.2, 0) is 6.42 Å². The van der Waals surface area contributed by atoms with Gasteiger partial charge in [-0.1, -0.05) is 0 Å². The molecule has 0 heterocycles. The molecule has 0 saturated heterocycles. The van der Waals surface area contributed by atoms with Crippen molar-refractivity contribution < 1.29 is 9.84 Å². The van der Waals surface area contributed by atoms with Crippen molar-refractivity contribution in [3.63, 3.8) is 0 Å². The van der Waals surface area contributed by atoms with E-state index in [0.29, 0.717) is 16.8 Å². The smallest absolute Gasteiger partial charge is 0.137 e. The Hall–Kier alpha value is -0.740. The Labute approximate surface area is 92.0 Å². The van der Waals surface area contributed by atoms with Gasteiger partial charge in [0.25, 0.3) is 0 Å². The van der Waals surface area contributed by atoms with Crippen molar-refractivity contribution in [1.82, 2.24) is 0 Å². The maximum atomic E-state index is 9.55. The van der Waals surface area contributed by atoms with Crippen molar-refractivity contribution >= 4 is 15.9 Å². The summed E-state index contributed by atoms with van der Waals surface area (Å²) in [5, 5.41) is 9.55. The fourth-order valence-corrected chi connectivity index (χ4v) is 1.63. The number of ether oxygens (including phenoxy) is 1. The van der Waals surface area contributed by atoms with Gasteiger partial charge in [-0.15, -0.1) is 0 Å². The number of rotatable bonds is 4. The second-order valence-corrected chi connectivity index (χ2v) is 3.82. The Kier molecular flexibility index (Phi) is 4.22. The number of aromatic hydroxyl groups is 1. The lowest BCUT2D eigenvalue weighted by Gasteiger charge is -2.08. The fraction of sp³-hybridized carbons (Fsp3) is 0.400. The lowest BCUT2D eigenvalue weighted by molar-refractivity contribution is 0.402. The average molecular weight is 260 g/mol. The number of hydrogen-bond donors (Lipinski definition) is 2. The monoisotopic (exact) mass is 259 g/mol. The predicted octanol–water partition coefficient (Wildman–Crippen LogP) is 2.05. The second kappa shape index (κ2) is 5.22. The van der Waals surface area contributed by atoms with Crippen LogP contribution >= 0.6 is 15.9 Å². The average Bonchev–Trinajstić information content (AvgIpc) is 2.19. The predicted molar refractivity (Wildman–Crippen MR) is 59.7 cm³/mol. The molecule has 78 valence electrons. The van der Waals surface area contributed by atoms with Gasteiger partial charge in [0.05, 0.1) is 7.11 Å². The minimum atomic E-state index is 0.205. The molecule has 1 aromatic rings. The molecule has 0 radical (unpaired) electrons. The lowest BCUT2D eigenvalue weighted by Crippen LogP contribution is -2.00. The molecule has 0 spiro atoms. The lowest BCUT2D eigenvalue weighted by atomic mass is 10.1. The fourth-order valence-electron chi connectivity index (χ4n) is 1.24. The van der Waals surface area contributed by atoms with Crippen LogP contribution < -0.4 is 10.5 Å². The third kappa shape index (κ3) is 2.62. The van der Waals surface area contributed by atoms with Crippen LogP contribution in [0.25, 0.3) is 0 Å². The first-order valence-electron chi connectivity index (χ1n) is 4.44. The summed E-state index contributed by atoms with van der Waals surface area (Å²) >= 11 is 3.24. The van der Waals surface area contributed by atoms with Gasteiger partial charge in [0.1, 0.15) is 16.0 Å². The minimum Gasteiger partial charge on any atom is -0.507 e. The Morgan fingerprint density at radius 2 is 2.21 bits per heavy atom. The van der Waals surface area contributed by atoms with E-state index >= 15 is 0 Å². The van der Waals surface area contributed by atoms with E-state index in [9.17, 15) is 5.11 Å². The highest BCUT2D eigenvalue weighted by Gasteiger charge is 2.07. The van der Waals surface area contributed by atoms with Gasteiger partial charge >= 0.3 is 0 Å². The van der Waals surface area contributed by atoms with Gasteiger partial charge < -0.3 is 15.6 Å². The zero-order valence-electron chi connectivity index (χ0n) is 8.09. The molecule has 0 bridgehead atoms. The van der Waals surface area contributed by atoms with Crippen LogP contribution in [0.15, 0.2) is 16.6 Å². The van der Waals surface area contributed by atoms with E-state index in [-0.39, 0.29) is 5.75 Å². The topological polar surface area (TPSA) is 55.5 Å². The summed E-state index contributed by atoms with van der Waals surface area (Å²) in [7, 11) is 1.58. The molecule has 1 aromatic carbocycles. The van der Waals surface area contributed by atoms with E-state index < -0.39 is 0 Å². The zero-order valence-corrected chi connectivity index (χ0v) is 9.67. The van der Waals surface area contributed by atoms with Crippen molar-refractivity contribution in [2.75, 3.05) is 13.7 Å². The van der Waals surface area contributed by atoms with Gasteiger partial charge in [-0.3, -0.25) is 0 Å². The van der Waals surface area contributed by atoms with Crippen LogP contribution in [0.2, 0.25) is 0 Å². The molecule has 0 aliphatic rings. The molecule has 0 atom stereocenters. The van der Waals surface area contributed by atoms with Gasteiger partial charge in [0.2, 0.25) is 0 Å². The Morgan fingerprint density at radius 1 is 1.50 bits per heavy atom. The van der Waals surface area contributed by atoms with Crippen LogP contribution in [-0.4, -0.2) is 18.8 Å². The summed E-state index contributed by atoms with van der Waals surface area (Å²) < 4.78 is 5.70. The second-order valence-electron chi connectivity index (χ2n) is 3.02. The maximum absolute atomic E-state index is 9.55. The number of phenolic OH excluding ortho intramolecular Hbond substituents is 1. The molecule has 0 unspecified atom stereocenters. The van der Waals surface area contributed by atoms with Crippen LogP contribution in [0, 0.1) is 0 Å². The molecule has 4 heteroatoms. The first kappa shape index (κ1) is 11.3. The highest BCUT2D eigenvalue weighted by Crippen LogP contribution is 2.34. The van der Waals surface area contributed by atoms with E-state index in [2.05, 4.69) is 15.9 Å². The molecule has 3 nitrogen and oxygen atoms in total. The van der Waals surface area contributed by atoms with Crippen LogP contribution in [0.4, 0.5) is 0 Å². The number of hydrogen-bond acceptors (Lipinski definition) is 3. The van der Waals surface area contributed by atoms with Crippen LogP contribution in [0.3, 0.4) is 0 Å². The summed E-state index contributed by atoms with van der Waals surface area (Å²) in [4.78, 5) is 0. The highest BCUT2D eigenvalue weighted by atomic mass is 79.9. The van der Waals surface area contributed by atoms with E-state index in [4.69, 9.17) is 10.5 Å². The molecule has 0 amide bonds. The largest absolute Gasteiger partial charge is 0.507 e. The first-order chi connectivity index (χ1) is 6.69. The Bertz CT molecular complexity index is 315. The quantitative estimate of drug-likeness (QED) is 0.871. The molecule has 1 rings (SSSR count). The van der Waals surface area contributed by atoms with Gasteiger partial charge in [-0.05, 0) is 53.0 Å². The zero-order chi connectivity index (χ0) is 10.6. The van der Waals surface area contributed by atoms with Gasteiger partial charge in [-0.25, -0.2) is 0 Å². The minimum absolute atomic E-state index is 0.205. The third-order valence-electron chi connectivity index (χ3n) is 1.97. The van der Waals surface area contributed by atoms with E-state index in [1.165, 1.54) is 0 Å². The number of aryl methyl sites for hydroxylation is 1.